The molecule has 1 heterocycles. The van der Waals surface area contributed by atoms with E-state index >= 15 is 0 Å². The number of esters is 1. The standard InChI is InChI=1S/C17H15NO7/c1-2-24-14(19)9-13-11(16(21)22)8-12(17(23)25-13)18-15(20)10-6-4-3-5-7-10/h3-8H,2,9H2,1H3,(H,18,20)(H,21,22). The molecule has 0 unspecified atom stereocenters. The second-order valence-electron chi connectivity index (χ2n) is 4.89. The van der Waals surface area contributed by atoms with Crippen LogP contribution in [0.2, 0.25) is 0 Å². The topological polar surface area (TPSA) is 123 Å². The Morgan fingerprint density at radius 2 is 1.88 bits per heavy atom. The Hall–Kier alpha value is -3.42. The second-order valence-corrected chi connectivity index (χ2v) is 4.89. The molecule has 130 valence electrons. The lowest BCUT2D eigenvalue weighted by molar-refractivity contribution is -0.142. The van der Waals surface area contributed by atoms with Crippen LogP contribution in [0.4, 0.5) is 5.69 Å². The van der Waals surface area contributed by atoms with Gasteiger partial charge in [0.25, 0.3) is 5.91 Å². The van der Waals surface area contributed by atoms with Crippen LogP contribution in [0.3, 0.4) is 0 Å². The third kappa shape index (κ3) is 4.54. The molecule has 2 N–H and O–H groups in total. The van der Waals surface area contributed by atoms with Gasteiger partial charge in [0.2, 0.25) is 0 Å². The maximum atomic E-state index is 12.1. The number of anilines is 1. The molecule has 0 saturated heterocycles. The summed E-state index contributed by atoms with van der Waals surface area (Å²) >= 11 is 0. The zero-order valence-electron chi connectivity index (χ0n) is 13.3. The van der Waals surface area contributed by atoms with Gasteiger partial charge in [-0.25, -0.2) is 9.59 Å². The van der Waals surface area contributed by atoms with Crippen LogP contribution in [0.15, 0.2) is 45.6 Å². The second kappa shape index (κ2) is 7.91. The van der Waals surface area contributed by atoms with E-state index in [1.807, 2.05) is 0 Å². The lowest BCUT2D eigenvalue weighted by Crippen LogP contribution is -2.21. The van der Waals surface area contributed by atoms with Gasteiger partial charge < -0.3 is 19.6 Å². The maximum absolute atomic E-state index is 12.1. The Labute approximate surface area is 142 Å². The number of carboxylic acids is 1. The molecule has 1 aromatic heterocycles. The molecule has 0 radical (unpaired) electrons. The number of nitrogens with one attached hydrogen (secondary N) is 1. The zero-order chi connectivity index (χ0) is 18.4. The minimum absolute atomic E-state index is 0.108. The van der Waals surface area contributed by atoms with Gasteiger partial charge in [0.1, 0.15) is 23.4 Å². The Morgan fingerprint density at radius 3 is 2.48 bits per heavy atom. The molecule has 1 amide bonds. The van der Waals surface area contributed by atoms with E-state index < -0.39 is 35.5 Å². The summed E-state index contributed by atoms with van der Waals surface area (Å²) in [4.78, 5) is 46.9. The number of hydrogen-bond acceptors (Lipinski definition) is 6. The molecule has 0 saturated carbocycles. The van der Waals surface area contributed by atoms with Crippen molar-refractivity contribution < 1.29 is 28.6 Å². The van der Waals surface area contributed by atoms with E-state index in [1.165, 1.54) is 12.1 Å². The van der Waals surface area contributed by atoms with Crippen molar-refractivity contribution in [1.29, 1.82) is 0 Å². The third-order valence-electron chi connectivity index (χ3n) is 3.15. The molecule has 0 bridgehead atoms. The fraction of sp³-hybridized carbons (Fsp3) is 0.176. The molecule has 0 aliphatic carbocycles. The Morgan fingerprint density at radius 1 is 1.20 bits per heavy atom. The number of carbonyl (C=O) groups excluding carboxylic acids is 2. The van der Waals surface area contributed by atoms with E-state index in [4.69, 9.17) is 9.15 Å². The van der Waals surface area contributed by atoms with Crippen molar-refractivity contribution in [3.63, 3.8) is 0 Å². The third-order valence-corrected chi connectivity index (χ3v) is 3.15. The van der Waals surface area contributed by atoms with Crippen LogP contribution in [-0.4, -0.2) is 29.6 Å². The van der Waals surface area contributed by atoms with E-state index in [9.17, 15) is 24.3 Å². The van der Waals surface area contributed by atoms with Gasteiger partial charge in [-0.1, -0.05) is 18.2 Å². The molecule has 0 aliphatic rings. The van der Waals surface area contributed by atoms with Crippen LogP contribution in [0, 0.1) is 0 Å². The van der Waals surface area contributed by atoms with Gasteiger partial charge in [0.05, 0.1) is 6.61 Å². The van der Waals surface area contributed by atoms with Crippen LogP contribution in [0.5, 0.6) is 0 Å². The number of aromatic carboxylic acids is 1. The number of carboxylic acid groups (broad SMARTS) is 1. The molecule has 2 rings (SSSR count). The van der Waals surface area contributed by atoms with Crippen molar-refractivity contribution in [1.82, 2.24) is 0 Å². The highest BCUT2D eigenvalue weighted by atomic mass is 16.5. The predicted molar refractivity (Wildman–Crippen MR) is 86.7 cm³/mol. The highest BCUT2D eigenvalue weighted by molar-refractivity contribution is 6.04. The molecule has 25 heavy (non-hydrogen) atoms. The lowest BCUT2D eigenvalue weighted by Gasteiger charge is -2.08. The largest absolute Gasteiger partial charge is 0.478 e. The molecule has 0 atom stereocenters. The van der Waals surface area contributed by atoms with Crippen molar-refractivity contribution in [3.8, 4) is 0 Å². The molecular formula is C17H15NO7. The fourth-order valence-corrected chi connectivity index (χ4v) is 2.03. The maximum Gasteiger partial charge on any atom is 0.359 e. The number of carbonyl (C=O) groups is 3. The van der Waals surface area contributed by atoms with Crippen LogP contribution in [-0.2, 0) is 16.0 Å². The van der Waals surface area contributed by atoms with Crippen molar-refractivity contribution in [2.75, 3.05) is 11.9 Å². The molecule has 1 aromatic carbocycles. The minimum atomic E-state index is -1.40. The van der Waals surface area contributed by atoms with Gasteiger partial charge in [-0.2, -0.15) is 0 Å². The summed E-state index contributed by atoms with van der Waals surface area (Å²) in [6.07, 6.45) is -0.502. The Bertz CT molecular complexity index is 855. The molecular weight excluding hydrogens is 330 g/mol. The van der Waals surface area contributed by atoms with Crippen LogP contribution in [0.25, 0.3) is 0 Å². The predicted octanol–water partition coefficient (Wildman–Crippen LogP) is 1.70. The normalized spacial score (nSPS) is 10.1. The SMILES string of the molecule is CCOC(=O)Cc1oc(=O)c(NC(=O)c2ccccc2)cc1C(=O)O. The summed E-state index contributed by atoms with van der Waals surface area (Å²) in [5.74, 6) is -3.07. The quantitative estimate of drug-likeness (QED) is 0.764. The molecule has 8 heteroatoms. The van der Waals surface area contributed by atoms with E-state index in [0.29, 0.717) is 0 Å². The average molecular weight is 345 g/mol. The molecule has 0 spiro atoms. The van der Waals surface area contributed by atoms with Gasteiger partial charge in [0.15, 0.2) is 0 Å². The number of amides is 1. The number of benzene rings is 1. The monoisotopic (exact) mass is 345 g/mol. The number of hydrogen-bond donors (Lipinski definition) is 2. The number of rotatable bonds is 6. The first-order chi connectivity index (χ1) is 11.9. The minimum Gasteiger partial charge on any atom is -0.478 e. The smallest absolute Gasteiger partial charge is 0.359 e. The summed E-state index contributed by atoms with van der Waals surface area (Å²) in [5, 5.41) is 11.6. The molecule has 0 fully saturated rings. The summed E-state index contributed by atoms with van der Waals surface area (Å²) in [5.41, 5.74) is -1.42. The van der Waals surface area contributed by atoms with Gasteiger partial charge >= 0.3 is 17.6 Å². The van der Waals surface area contributed by atoms with Gasteiger partial charge in [-0.05, 0) is 25.1 Å². The van der Waals surface area contributed by atoms with Crippen LogP contribution >= 0.6 is 0 Å². The highest BCUT2D eigenvalue weighted by Gasteiger charge is 2.21. The van der Waals surface area contributed by atoms with E-state index in [1.54, 1.807) is 25.1 Å². The number of ether oxygens (including phenoxy) is 1. The zero-order valence-corrected chi connectivity index (χ0v) is 13.3. The van der Waals surface area contributed by atoms with Gasteiger partial charge in [0, 0.05) is 5.56 Å². The van der Waals surface area contributed by atoms with Crippen molar-refractivity contribution >= 4 is 23.5 Å². The van der Waals surface area contributed by atoms with Crippen LogP contribution < -0.4 is 10.9 Å². The van der Waals surface area contributed by atoms with Crippen molar-refractivity contribution in [2.24, 2.45) is 0 Å². The van der Waals surface area contributed by atoms with E-state index in [-0.39, 0.29) is 23.6 Å². The van der Waals surface area contributed by atoms with Crippen molar-refractivity contribution in [2.45, 2.75) is 13.3 Å². The van der Waals surface area contributed by atoms with Crippen molar-refractivity contribution in [3.05, 3.63) is 63.7 Å². The van der Waals surface area contributed by atoms with E-state index in [2.05, 4.69) is 5.32 Å². The van der Waals surface area contributed by atoms with Gasteiger partial charge in [-0.15, -0.1) is 0 Å². The molecule has 0 aliphatic heterocycles. The fourth-order valence-electron chi connectivity index (χ4n) is 2.03. The van der Waals surface area contributed by atoms with Gasteiger partial charge in [-0.3, -0.25) is 9.59 Å². The lowest BCUT2D eigenvalue weighted by atomic mass is 10.1. The first-order valence-electron chi connectivity index (χ1n) is 7.34. The Kier molecular flexibility index (Phi) is 5.67. The summed E-state index contributed by atoms with van der Waals surface area (Å²) in [6, 6.07) is 9.03. The first-order valence-corrected chi connectivity index (χ1v) is 7.34. The first kappa shape index (κ1) is 17.9. The summed E-state index contributed by atoms with van der Waals surface area (Å²) in [6.45, 7) is 1.70. The summed E-state index contributed by atoms with van der Waals surface area (Å²) < 4.78 is 9.61. The van der Waals surface area contributed by atoms with Crippen LogP contribution in [0.1, 0.15) is 33.4 Å². The Balaban J connectivity index is 2.33. The molecule has 8 nitrogen and oxygen atoms in total. The molecule has 2 aromatic rings. The van der Waals surface area contributed by atoms with E-state index in [0.717, 1.165) is 6.07 Å². The average Bonchev–Trinajstić information content (AvgIpc) is 2.57. The summed E-state index contributed by atoms with van der Waals surface area (Å²) in [7, 11) is 0. The highest BCUT2D eigenvalue weighted by Crippen LogP contribution is 2.14.